The van der Waals surface area contributed by atoms with Crippen LogP contribution in [0.4, 0.5) is 0 Å². The molecule has 1 amide bonds. The van der Waals surface area contributed by atoms with E-state index in [1.165, 1.54) is 6.33 Å². The molecule has 134 valence electrons. The first kappa shape index (κ1) is 18.1. The fourth-order valence-electron chi connectivity index (χ4n) is 2.93. The Kier molecular flexibility index (Phi) is 6.39. The Morgan fingerprint density at radius 2 is 1.88 bits per heavy atom. The van der Waals surface area contributed by atoms with Crippen LogP contribution in [0.3, 0.4) is 0 Å². The lowest BCUT2D eigenvalue weighted by molar-refractivity contribution is -0.121. The van der Waals surface area contributed by atoms with Crippen molar-refractivity contribution in [3.63, 3.8) is 0 Å². The van der Waals surface area contributed by atoms with E-state index in [1.54, 1.807) is 11.0 Å². The van der Waals surface area contributed by atoms with Crippen molar-refractivity contribution in [2.45, 2.75) is 25.3 Å². The molecule has 1 N–H and O–H groups in total. The number of hydrogen-bond acceptors (Lipinski definition) is 3. The second kappa shape index (κ2) is 9.15. The number of nitrogens with zero attached hydrogens (tertiary/aromatic N) is 3. The molecule has 3 rings (SSSR count). The van der Waals surface area contributed by atoms with Crippen molar-refractivity contribution >= 4 is 17.5 Å². The third-order valence-electron chi connectivity index (χ3n) is 4.22. The van der Waals surface area contributed by atoms with E-state index >= 15 is 0 Å². The molecule has 0 radical (unpaired) electrons. The minimum absolute atomic E-state index is 0.0114. The van der Waals surface area contributed by atoms with E-state index in [0.29, 0.717) is 18.0 Å². The van der Waals surface area contributed by atoms with E-state index in [0.717, 1.165) is 24.1 Å². The number of hydrogen-bond donors (Lipinski definition) is 1. The Hall–Kier alpha value is -2.66. The van der Waals surface area contributed by atoms with Crippen LogP contribution in [-0.2, 0) is 11.3 Å². The highest BCUT2D eigenvalue weighted by molar-refractivity contribution is 6.31. The summed E-state index contributed by atoms with van der Waals surface area (Å²) in [5.74, 6) is -0.0578. The predicted molar refractivity (Wildman–Crippen MR) is 102 cm³/mol. The van der Waals surface area contributed by atoms with E-state index in [-0.39, 0.29) is 11.8 Å². The van der Waals surface area contributed by atoms with Crippen LogP contribution in [-0.4, -0.2) is 27.2 Å². The Bertz CT molecular complexity index is 821. The number of nitrogens with one attached hydrogen (secondary N) is 1. The Morgan fingerprint density at radius 1 is 1.12 bits per heavy atom. The number of amides is 1. The van der Waals surface area contributed by atoms with Gasteiger partial charge in [-0.15, -0.1) is 0 Å². The van der Waals surface area contributed by atoms with Crippen LogP contribution < -0.4 is 5.32 Å². The van der Waals surface area contributed by atoms with Crippen LogP contribution in [0.5, 0.6) is 0 Å². The number of rotatable bonds is 8. The maximum atomic E-state index is 12.5. The summed E-state index contributed by atoms with van der Waals surface area (Å²) in [6, 6.07) is 17.7. The van der Waals surface area contributed by atoms with Gasteiger partial charge in [0.1, 0.15) is 12.7 Å². The zero-order valence-electron chi connectivity index (χ0n) is 14.4. The summed E-state index contributed by atoms with van der Waals surface area (Å²) >= 11 is 6.39. The number of aryl methyl sites for hydroxylation is 1. The zero-order chi connectivity index (χ0) is 18.2. The van der Waals surface area contributed by atoms with Crippen molar-refractivity contribution in [1.29, 1.82) is 0 Å². The minimum Gasteiger partial charge on any atom is -0.356 e. The molecule has 0 aliphatic heterocycles. The van der Waals surface area contributed by atoms with Crippen LogP contribution >= 0.6 is 11.6 Å². The second-order valence-corrected chi connectivity index (χ2v) is 6.46. The Morgan fingerprint density at radius 3 is 2.62 bits per heavy atom. The summed E-state index contributed by atoms with van der Waals surface area (Å²) in [7, 11) is 0. The quantitative estimate of drug-likeness (QED) is 0.617. The zero-order valence-corrected chi connectivity index (χ0v) is 15.1. The highest BCUT2D eigenvalue weighted by atomic mass is 35.5. The van der Waals surface area contributed by atoms with Crippen molar-refractivity contribution in [2.24, 2.45) is 0 Å². The monoisotopic (exact) mass is 368 g/mol. The van der Waals surface area contributed by atoms with Crippen LogP contribution in [0, 0.1) is 0 Å². The molecule has 0 saturated heterocycles. The first-order valence-electron chi connectivity index (χ1n) is 8.62. The van der Waals surface area contributed by atoms with Crippen LogP contribution in [0.15, 0.2) is 67.3 Å². The SMILES string of the molecule is O=C(CC(c1ccccc1)c1ccccc1Cl)NCCCn1cncn1. The molecule has 1 atom stereocenters. The minimum atomic E-state index is -0.0692. The molecular formula is C20H21ClN4O. The molecule has 5 nitrogen and oxygen atoms in total. The number of aromatic nitrogens is 3. The summed E-state index contributed by atoms with van der Waals surface area (Å²) < 4.78 is 1.75. The van der Waals surface area contributed by atoms with Crippen molar-refractivity contribution in [3.8, 4) is 0 Å². The summed E-state index contributed by atoms with van der Waals surface area (Å²) in [6.07, 6.45) is 4.34. The van der Waals surface area contributed by atoms with Crippen molar-refractivity contribution in [2.75, 3.05) is 6.54 Å². The number of benzene rings is 2. The molecule has 0 saturated carbocycles. The Labute approximate surface area is 158 Å². The third-order valence-corrected chi connectivity index (χ3v) is 4.57. The maximum absolute atomic E-state index is 12.5. The fraction of sp³-hybridized carbons (Fsp3) is 0.250. The normalized spacial score (nSPS) is 11.9. The van der Waals surface area contributed by atoms with E-state index in [1.807, 2.05) is 54.6 Å². The molecule has 0 aliphatic rings. The molecule has 0 spiro atoms. The molecule has 0 aliphatic carbocycles. The lowest BCUT2D eigenvalue weighted by Crippen LogP contribution is -2.27. The van der Waals surface area contributed by atoms with E-state index in [9.17, 15) is 4.79 Å². The third kappa shape index (κ3) is 4.92. The van der Waals surface area contributed by atoms with Crippen molar-refractivity contribution in [3.05, 3.63) is 83.4 Å². The van der Waals surface area contributed by atoms with Gasteiger partial charge in [-0.1, -0.05) is 60.1 Å². The summed E-state index contributed by atoms with van der Waals surface area (Å²) in [5.41, 5.74) is 2.05. The Balaban J connectivity index is 1.62. The van der Waals surface area contributed by atoms with Gasteiger partial charge >= 0.3 is 0 Å². The molecule has 1 heterocycles. The van der Waals surface area contributed by atoms with Gasteiger partial charge in [-0.05, 0) is 23.6 Å². The molecule has 2 aromatic carbocycles. The average molecular weight is 369 g/mol. The molecule has 1 aromatic heterocycles. The molecule has 1 unspecified atom stereocenters. The largest absolute Gasteiger partial charge is 0.356 e. The standard InChI is InChI=1S/C20H21ClN4O/c21-19-10-5-4-9-17(19)18(16-7-2-1-3-8-16)13-20(26)23-11-6-12-25-15-22-14-24-25/h1-5,7-10,14-15,18H,6,11-13H2,(H,23,26). The number of carbonyl (C=O) groups excluding carboxylic acids is 1. The molecule has 0 fully saturated rings. The van der Waals surface area contributed by atoms with Crippen molar-refractivity contribution < 1.29 is 4.79 Å². The molecule has 0 bridgehead atoms. The van der Waals surface area contributed by atoms with Gasteiger partial charge in [0.15, 0.2) is 0 Å². The van der Waals surface area contributed by atoms with Gasteiger partial charge in [0.05, 0.1) is 0 Å². The molecule has 3 aromatic rings. The average Bonchev–Trinajstić information content (AvgIpc) is 3.18. The van der Waals surface area contributed by atoms with E-state index in [2.05, 4.69) is 15.4 Å². The van der Waals surface area contributed by atoms with Crippen LogP contribution in [0.1, 0.15) is 29.9 Å². The summed E-state index contributed by atoms with van der Waals surface area (Å²) in [4.78, 5) is 16.4. The second-order valence-electron chi connectivity index (χ2n) is 6.05. The fourth-order valence-corrected chi connectivity index (χ4v) is 3.19. The van der Waals surface area contributed by atoms with E-state index < -0.39 is 0 Å². The highest BCUT2D eigenvalue weighted by Gasteiger charge is 2.20. The van der Waals surface area contributed by atoms with E-state index in [4.69, 9.17) is 11.6 Å². The van der Waals surface area contributed by atoms with Gasteiger partial charge in [-0.3, -0.25) is 9.48 Å². The highest BCUT2D eigenvalue weighted by Crippen LogP contribution is 2.32. The lowest BCUT2D eigenvalue weighted by Gasteiger charge is -2.19. The first-order valence-corrected chi connectivity index (χ1v) is 9.00. The smallest absolute Gasteiger partial charge is 0.220 e. The molecule has 26 heavy (non-hydrogen) atoms. The predicted octanol–water partition coefficient (Wildman–Crippen LogP) is 3.66. The van der Waals surface area contributed by atoms with Gasteiger partial charge in [0.25, 0.3) is 0 Å². The van der Waals surface area contributed by atoms with Gasteiger partial charge in [-0.25, -0.2) is 4.98 Å². The molecular weight excluding hydrogens is 348 g/mol. The molecule has 6 heteroatoms. The van der Waals surface area contributed by atoms with Gasteiger partial charge < -0.3 is 5.32 Å². The number of carbonyl (C=O) groups is 1. The van der Waals surface area contributed by atoms with Crippen LogP contribution in [0.25, 0.3) is 0 Å². The maximum Gasteiger partial charge on any atom is 0.220 e. The summed E-state index contributed by atoms with van der Waals surface area (Å²) in [5, 5.41) is 7.72. The first-order chi connectivity index (χ1) is 12.7. The van der Waals surface area contributed by atoms with Gasteiger partial charge in [-0.2, -0.15) is 5.10 Å². The van der Waals surface area contributed by atoms with Crippen LogP contribution in [0.2, 0.25) is 5.02 Å². The van der Waals surface area contributed by atoms with Gasteiger partial charge in [0, 0.05) is 30.5 Å². The topological polar surface area (TPSA) is 59.8 Å². The lowest BCUT2D eigenvalue weighted by atomic mass is 9.88. The summed E-state index contributed by atoms with van der Waals surface area (Å²) in [6.45, 7) is 1.33. The van der Waals surface area contributed by atoms with Gasteiger partial charge in [0.2, 0.25) is 5.91 Å². The van der Waals surface area contributed by atoms with Crippen molar-refractivity contribution in [1.82, 2.24) is 20.1 Å². The number of halogens is 1.